The van der Waals surface area contributed by atoms with Crippen LogP contribution >= 0.6 is 0 Å². The lowest BCUT2D eigenvalue weighted by molar-refractivity contribution is 0.127. The Hall–Kier alpha value is -0.830. The zero-order valence-corrected chi connectivity index (χ0v) is 13.7. The molecule has 2 rings (SSSR count). The largest absolute Gasteiger partial charge is 0.316 e. The van der Waals surface area contributed by atoms with E-state index in [1.54, 1.807) is 0 Å². The van der Waals surface area contributed by atoms with Crippen molar-refractivity contribution in [2.75, 3.05) is 13.1 Å². The molecule has 1 unspecified atom stereocenters. The molecule has 0 radical (unpaired) electrons. The fourth-order valence-electron chi connectivity index (χ4n) is 3.01. The van der Waals surface area contributed by atoms with Crippen LogP contribution in [0.2, 0.25) is 0 Å². The molecule has 0 bridgehead atoms. The lowest BCUT2D eigenvalue weighted by atomic mass is 9.66. The molecular weight excluding hydrogens is 246 g/mol. The quantitative estimate of drug-likeness (QED) is 0.783. The molecule has 114 valence electrons. The van der Waals surface area contributed by atoms with Gasteiger partial charge in [-0.2, -0.15) is 5.10 Å². The lowest BCUT2D eigenvalue weighted by Gasteiger charge is -2.42. The third-order valence-electron chi connectivity index (χ3n) is 4.73. The first-order valence-corrected chi connectivity index (χ1v) is 8.29. The molecule has 1 fully saturated rings. The summed E-state index contributed by atoms with van der Waals surface area (Å²) in [5.74, 6) is 0.733. The van der Waals surface area contributed by atoms with E-state index in [0.717, 1.165) is 31.8 Å². The molecule has 0 aliphatic heterocycles. The predicted molar refractivity (Wildman–Crippen MR) is 84.9 cm³/mol. The van der Waals surface area contributed by atoms with Crippen LogP contribution in [0.25, 0.3) is 0 Å². The Morgan fingerprint density at radius 1 is 1.35 bits per heavy atom. The summed E-state index contributed by atoms with van der Waals surface area (Å²) in [5, 5.41) is 8.43. The molecule has 1 aliphatic rings. The fourth-order valence-corrected chi connectivity index (χ4v) is 3.01. The van der Waals surface area contributed by atoms with Crippen LogP contribution in [-0.4, -0.2) is 22.9 Å². The molecule has 1 aromatic rings. The summed E-state index contributed by atoms with van der Waals surface area (Å²) in [6, 6.07) is 2.73. The van der Waals surface area contributed by atoms with Crippen LogP contribution in [0.5, 0.6) is 0 Å². The maximum atomic E-state index is 4.78. The van der Waals surface area contributed by atoms with Crippen molar-refractivity contribution in [1.82, 2.24) is 15.1 Å². The molecule has 3 heteroatoms. The van der Waals surface area contributed by atoms with Gasteiger partial charge in [0.15, 0.2) is 0 Å². The minimum atomic E-state index is 0.476. The summed E-state index contributed by atoms with van der Waals surface area (Å²) in [7, 11) is 0. The molecular formula is C17H31N3. The zero-order chi connectivity index (χ0) is 14.6. The highest BCUT2D eigenvalue weighted by molar-refractivity contribution is 5.06. The van der Waals surface area contributed by atoms with Crippen LogP contribution in [-0.2, 0) is 6.42 Å². The van der Waals surface area contributed by atoms with E-state index in [9.17, 15) is 0 Å². The summed E-state index contributed by atoms with van der Waals surface area (Å²) in [6.07, 6.45) is 8.53. The van der Waals surface area contributed by atoms with E-state index in [4.69, 9.17) is 5.10 Å². The van der Waals surface area contributed by atoms with Crippen molar-refractivity contribution in [2.45, 2.75) is 65.8 Å². The summed E-state index contributed by atoms with van der Waals surface area (Å²) >= 11 is 0. The van der Waals surface area contributed by atoms with Crippen molar-refractivity contribution < 1.29 is 0 Å². The first-order valence-electron chi connectivity index (χ1n) is 8.29. The molecule has 0 aromatic carbocycles. The highest BCUT2D eigenvalue weighted by Crippen LogP contribution is 2.43. The molecule has 0 amide bonds. The van der Waals surface area contributed by atoms with Gasteiger partial charge >= 0.3 is 0 Å². The SMILES string of the molecule is CCC(C)n1ccc(CC2(CNCC(C)C)CCC2)n1. The minimum Gasteiger partial charge on any atom is -0.316 e. The van der Waals surface area contributed by atoms with Crippen molar-refractivity contribution in [2.24, 2.45) is 11.3 Å². The lowest BCUT2D eigenvalue weighted by Crippen LogP contribution is -2.42. The van der Waals surface area contributed by atoms with Crippen molar-refractivity contribution in [1.29, 1.82) is 0 Å². The van der Waals surface area contributed by atoms with Crippen molar-refractivity contribution in [3.63, 3.8) is 0 Å². The Bertz CT molecular complexity index is 404. The second kappa shape index (κ2) is 6.75. The number of hydrogen-bond donors (Lipinski definition) is 1. The van der Waals surface area contributed by atoms with Crippen LogP contribution in [0, 0.1) is 11.3 Å². The highest BCUT2D eigenvalue weighted by Gasteiger charge is 2.37. The van der Waals surface area contributed by atoms with Crippen LogP contribution in [0.4, 0.5) is 0 Å². The van der Waals surface area contributed by atoms with Gasteiger partial charge in [-0.3, -0.25) is 4.68 Å². The maximum absolute atomic E-state index is 4.78. The number of nitrogens with one attached hydrogen (secondary N) is 1. The van der Waals surface area contributed by atoms with E-state index in [-0.39, 0.29) is 0 Å². The predicted octanol–water partition coefficient (Wildman–Crippen LogP) is 3.81. The first kappa shape index (κ1) is 15.6. The molecule has 3 nitrogen and oxygen atoms in total. The van der Waals surface area contributed by atoms with E-state index in [0.29, 0.717) is 11.5 Å². The van der Waals surface area contributed by atoms with E-state index >= 15 is 0 Å². The van der Waals surface area contributed by atoms with Crippen LogP contribution < -0.4 is 5.32 Å². The van der Waals surface area contributed by atoms with Crippen molar-refractivity contribution in [3.8, 4) is 0 Å². The Labute approximate surface area is 124 Å². The van der Waals surface area contributed by atoms with Gasteiger partial charge in [0, 0.05) is 18.8 Å². The smallest absolute Gasteiger partial charge is 0.0630 e. The maximum Gasteiger partial charge on any atom is 0.0630 e. The fraction of sp³-hybridized carbons (Fsp3) is 0.824. The molecule has 1 aliphatic carbocycles. The molecule has 1 N–H and O–H groups in total. The van der Waals surface area contributed by atoms with Crippen LogP contribution in [0.15, 0.2) is 12.3 Å². The van der Waals surface area contributed by atoms with Gasteiger partial charge in [0.05, 0.1) is 5.69 Å². The van der Waals surface area contributed by atoms with Gasteiger partial charge in [-0.05, 0) is 56.6 Å². The van der Waals surface area contributed by atoms with Gasteiger partial charge < -0.3 is 5.32 Å². The second-order valence-electron chi connectivity index (χ2n) is 7.10. The minimum absolute atomic E-state index is 0.476. The number of aromatic nitrogens is 2. The molecule has 1 saturated carbocycles. The second-order valence-corrected chi connectivity index (χ2v) is 7.10. The van der Waals surface area contributed by atoms with Crippen molar-refractivity contribution in [3.05, 3.63) is 18.0 Å². The third kappa shape index (κ3) is 3.85. The molecule has 0 spiro atoms. The van der Waals surface area contributed by atoms with Gasteiger partial charge in [-0.15, -0.1) is 0 Å². The molecule has 0 saturated heterocycles. The average molecular weight is 277 g/mol. The number of hydrogen-bond acceptors (Lipinski definition) is 2. The van der Waals surface area contributed by atoms with Crippen LogP contribution in [0.1, 0.15) is 65.1 Å². The summed E-state index contributed by atoms with van der Waals surface area (Å²) in [5.41, 5.74) is 1.75. The van der Waals surface area contributed by atoms with E-state index in [1.807, 2.05) is 0 Å². The monoisotopic (exact) mass is 277 g/mol. The first-order chi connectivity index (χ1) is 9.54. The van der Waals surface area contributed by atoms with Gasteiger partial charge in [0.2, 0.25) is 0 Å². The van der Waals surface area contributed by atoms with Gasteiger partial charge in [-0.25, -0.2) is 0 Å². The summed E-state index contributed by atoms with van der Waals surface area (Å²) < 4.78 is 2.13. The Kier molecular flexibility index (Phi) is 5.25. The number of nitrogens with zero attached hydrogens (tertiary/aromatic N) is 2. The van der Waals surface area contributed by atoms with E-state index < -0.39 is 0 Å². The highest BCUT2D eigenvalue weighted by atomic mass is 15.3. The zero-order valence-electron chi connectivity index (χ0n) is 13.7. The van der Waals surface area contributed by atoms with E-state index in [2.05, 4.69) is 50.0 Å². The van der Waals surface area contributed by atoms with Gasteiger partial charge in [0.25, 0.3) is 0 Å². The topological polar surface area (TPSA) is 29.9 Å². The third-order valence-corrected chi connectivity index (χ3v) is 4.73. The Morgan fingerprint density at radius 3 is 2.65 bits per heavy atom. The molecule has 1 atom stereocenters. The van der Waals surface area contributed by atoms with Gasteiger partial charge in [-0.1, -0.05) is 27.2 Å². The Morgan fingerprint density at radius 2 is 2.10 bits per heavy atom. The van der Waals surface area contributed by atoms with Crippen LogP contribution in [0.3, 0.4) is 0 Å². The molecule has 20 heavy (non-hydrogen) atoms. The normalized spacial score (nSPS) is 19.1. The van der Waals surface area contributed by atoms with E-state index in [1.165, 1.54) is 25.0 Å². The van der Waals surface area contributed by atoms with Gasteiger partial charge in [0.1, 0.15) is 0 Å². The standard InChI is InChI=1S/C17H31N3/c1-5-15(4)20-10-7-16(19-20)11-17(8-6-9-17)13-18-12-14(2)3/h7,10,14-15,18H,5-6,8-9,11-13H2,1-4H3. The Balaban J connectivity index is 1.90. The molecule has 1 aromatic heterocycles. The summed E-state index contributed by atoms with van der Waals surface area (Å²) in [4.78, 5) is 0. The summed E-state index contributed by atoms with van der Waals surface area (Å²) in [6.45, 7) is 11.3. The van der Waals surface area contributed by atoms with Crippen molar-refractivity contribution >= 4 is 0 Å². The average Bonchev–Trinajstić information content (AvgIpc) is 2.82. The number of rotatable bonds is 8. The molecule has 1 heterocycles.